The molecule has 0 atom stereocenters. The van der Waals surface area contributed by atoms with Crippen LogP contribution in [0.1, 0.15) is 57.4 Å². The first kappa shape index (κ1) is 32.4. The van der Waals surface area contributed by atoms with Crippen LogP contribution in [0.15, 0.2) is 46.8 Å². The maximum atomic E-state index is 13.2. The first-order valence-electron chi connectivity index (χ1n) is 13.9. The Morgan fingerprint density at radius 3 is 2.40 bits per heavy atom. The van der Waals surface area contributed by atoms with Gasteiger partial charge >= 0.3 is 6.18 Å². The Balaban J connectivity index is 1.42. The minimum Gasteiger partial charge on any atom is -0.352 e. The van der Waals surface area contributed by atoms with Crippen molar-refractivity contribution in [2.45, 2.75) is 44.8 Å². The zero-order valence-electron chi connectivity index (χ0n) is 24.6. The number of carbonyl (C=O) groups is 2. The number of aryl methyl sites for hydroxylation is 2. The van der Waals surface area contributed by atoms with Gasteiger partial charge in [0.15, 0.2) is 0 Å². The van der Waals surface area contributed by atoms with Crippen LogP contribution in [-0.2, 0) is 21.0 Å². The number of alkyl halides is 3. The lowest BCUT2D eigenvalue weighted by Crippen LogP contribution is -2.50. The van der Waals surface area contributed by atoms with Gasteiger partial charge < -0.3 is 15.5 Å². The van der Waals surface area contributed by atoms with Gasteiger partial charge in [0.25, 0.3) is 11.8 Å². The van der Waals surface area contributed by atoms with Gasteiger partial charge in [0.1, 0.15) is 11.4 Å². The Morgan fingerprint density at radius 2 is 1.79 bits per heavy atom. The van der Waals surface area contributed by atoms with E-state index >= 15 is 0 Å². The molecule has 2 heterocycles. The van der Waals surface area contributed by atoms with E-state index < -0.39 is 33.2 Å². The topological polar surface area (TPSA) is 111 Å². The molecule has 2 aliphatic heterocycles. The highest BCUT2D eigenvalue weighted by Crippen LogP contribution is 2.34. The fourth-order valence-electron chi connectivity index (χ4n) is 5.25. The van der Waals surface area contributed by atoms with Crippen molar-refractivity contribution in [1.82, 2.24) is 19.8 Å². The van der Waals surface area contributed by atoms with Crippen molar-refractivity contribution in [3.05, 3.63) is 75.2 Å². The third-order valence-electron chi connectivity index (χ3n) is 7.68. The van der Waals surface area contributed by atoms with Crippen LogP contribution < -0.4 is 10.6 Å². The van der Waals surface area contributed by atoms with Crippen LogP contribution in [0.25, 0.3) is 6.08 Å². The second kappa shape index (κ2) is 12.6. The highest BCUT2D eigenvalue weighted by Gasteiger charge is 2.47. The number of nitrogens with zero attached hydrogens (tertiary/aromatic N) is 3. The van der Waals surface area contributed by atoms with Gasteiger partial charge in [0, 0.05) is 36.2 Å². The van der Waals surface area contributed by atoms with Gasteiger partial charge in [-0.2, -0.15) is 17.5 Å². The SMILES string of the molecule is Cc1cc(C(=O)NCCCN(C)C)cc(C)c1/C=C/S(=O)(=O)N1CCC2(CC1)N=C(c1cccc(C(F)(F)F)c1)NC2=O. The molecule has 0 saturated carbocycles. The summed E-state index contributed by atoms with van der Waals surface area (Å²) in [6.07, 6.45) is -2.03. The molecule has 4 rings (SSSR count). The van der Waals surface area contributed by atoms with Crippen LogP contribution in [0, 0.1) is 13.8 Å². The molecule has 43 heavy (non-hydrogen) atoms. The number of halogens is 3. The van der Waals surface area contributed by atoms with Crippen molar-refractivity contribution >= 4 is 33.7 Å². The van der Waals surface area contributed by atoms with Gasteiger partial charge in [-0.05, 0) is 101 Å². The third kappa shape index (κ3) is 7.51. The first-order chi connectivity index (χ1) is 20.1. The predicted octanol–water partition coefficient (Wildman–Crippen LogP) is 3.72. The van der Waals surface area contributed by atoms with Crippen LogP contribution in [0.5, 0.6) is 0 Å². The Kier molecular flexibility index (Phi) is 9.48. The molecule has 0 radical (unpaired) electrons. The number of hydrogen-bond donors (Lipinski definition) is 2. The summed E-state index contributed by atoms with van der Waals surface area (Å²) < 4.78 is 67.1. The molecule has 2 amide bonds. The molecular formula is C30H36F3N5O4S. The number of sulfonamides is 1. The number of aliphatic imine (C=N–C) groups is 1. The first-order valence-corrected chi connectivity index (χ1v) is 15.4. The summed E-state index contributed by atoms with van der Waals surface area (Å²) in [7, 11) is 0.0817. The smallest absolute Gasteiger partial charge is 0.352 e. The molecule has 13 heteroatoms. The Bertz CT molecular complexity index is 1540. The van der Waals surface area contributed by atoms with E-state index in [4.69, 9.17) is 0 Å². The van der Waals surface area contributed by atoms with Crippen molar-refractivity contribution in [1.29, 1.82) is 0 Å². The van der Waals surface area contributed by atoms with E-state index in [1.165, 1.54) is 22.5 Å². The summed E-state index contributed by atoms with van der Waals surface area (Å²) in [5.41, 5.74) is 0.733. The molecule has 0 aliphatic carbocycles. The molecule has 232 valence electrons. The van der Waals surface area contributed by atoms with Crippen molar-refractivity contribution < 1.29 is 31.2 Å². The van der Waals surface area contributed by atoms with Gasteiger partial charge in [-0.1, -0.05) is 12.1 Å². The fraction of sp³-hybridized carbons (Fsp3) is 0.433. The maximum Gasteiger partial charge on any atom is 0.416 e. The van der Waals surface area contributed by atoms with E-state index in [2.05, 4.69) is 15.6 Å². The summed E-state index contributed by atoms with van der Waals surface area (Å²) in [5, 5.41) is 6.61. The van der Waals surface area contributed by atoms with E-state index in [0.29, 0.717) is 17.7 Å². The number of amidine groups is 1. The van der Waals surface area contributed by atoms with Crippen LogP contribution in [0.4, 0.5) is 13.2 Å². The quantitative estimate of drug-likeness (QED) is 0.416. The molecule has 2 aromatic carbocycles. The minimum absolute atomic E-state index is 0.0182. The second-order valence-electron chi connectivity index (χ2n) is 11.2. The van der Waals surface area contributed by atoms with Crippen LogP contribution in [0.3, 0.4) is 0 Å². The zero-order valence-corrected chi connectivity index (χ0v) is 25.4. The fourth-order valence-corrected chi connectivity index (χ4v) is 6.43. The predicted molar refractivity (Wildman–Crippen MR) is 159 cm³/mol. The highest BCUT2D eigenvalue weighted by atomic mass is 32.2. The number of rotatable bonds is 9. The molecule has 0 unspecified atom stereocenters. The number of hydrogen-bond acceptors (Lipinski definition) is 6. The van der Waals surface area contributed by atoms with Gasteiger partial charge in [-0.25, -0.2) is 8.42 Å². The minimum atomic E-state index is -4.54. The van der Waals surface area contributed by atoms with Crippen LogP contribution in [-0.4, -0.2) is 81.1 Å². The summed E-state index contributed by atoms with van der Waals surface area (Å²) in [6, 6.07) is 8.01. The third-order valence-corrected chi connectivity index (χ3v) is 9.25. The normalized spacial score (nSPS) is 17.5. The summed E-state index contributed by atoms with van der Waals surface area (Å²) in [4.78, 5) is 32.0. The van der Waals surface area contributed by atoms with Gasteiger partial charge in [0.2, 0.25) is 10.0 Å². The van der Waals surface area contributed by atoms with Gasteiger partial charge in [-0.15, -0.1) is 0 Å². The van der Waals surface area contributed by atoms with E-state index in [1.54, 1.807) is 12.1 Å². The number of piperidine rings is 1. The lowest BCUT2D eigenvalue weighted by Gasteiger charge is -2.34. The average molecular weight is 620 g/mol. The molecule has 1 spiro atoms. The Labute approximate surface area is 249 Å². The number of benzene rings is 2. The molecular weight excluding hydrogens is 583 g/mol. The largest absolute Gasteiger partial charge is 0.416 e. The van der Waals surface area contributed by atoms with E-state index in [0.717, 1.165) is 41.6 Å². The second-order valence-corrected chi connectivity index (χ2v) is 13.0. The summed E-state index contributed by atoms with van der Waals surface area (Å²) >= 11 is 0. The monoisotopic (exact) mass is 619 g/mol. The average Bonchev–Trinajstić information content (AvgIpc) is 3.25. The van der Waals surface area contributed by atoms with Crippen LogP contribution >= 0.6 is 0 Å². The molecule has 0 bridgehead atoms. The molecule has 2 aromatic rings. The number of nitrogens with one attached hydrogen (secondary N) is 2. The van der Waals surface area contributed by atoms with Crippen molar-refractivity contribution in [3.8, 4) is 0 Å². The lowest BCUT2D eigenvalue weighted by atomic mass is 9.89. The van der Waals surface area contributed by atoms with E-state index in [-0.39, 0.29) is 43.2 Å². The number of amides is 2. The molecule has 0 aromatic heterocycles. The standard InChI is InChI=1S/C30H36F3N5O4S/c1-20-17-23(27(39)34-12-6-13-37(3)4)18-21(2)25(20)9-16-43(41,42)38-14-10-29(11-15-38)28(40)35-26(36-29)22-7-5-8-24(19-22)30(31,32)33/h5,7-9,16-19H,6,10-15H2,1-4H3,(H,34,39)(H,35,36,40)/b16-9+. The molecule has 1 saturated heterocycles. The van der Waals surface area contributed by atoms with Crippen LogP contribution in [0.2, 0.25) is 0 Å². The van der Waals surface area contributed by atoms with Gasteiger partial charge in [-0.3, -0.25) is 14.6 Å². The molecule has 2 N–H and O–H groups in total. The van der Waals surface area contributed by atoms with E-state index in [1.807, 2.05) is 32.8 Å². The maximum absolute atomic E-state index is 13.2. The summed E-state index contributed by atoms with van der Waals surface area (Å²) in [5.74, 6) is -0.602. The Hall–Kier alpha value is -3.55. The molecule has 2 aliphatic rings. The zero-order chi connectivity index (χ0) is 31.6. The number of carbonyl (C=O) groups excluding carboxylic acids is 2. The van der Waals surface area contributed by atoms with Crippen molar-refractivity contribution in [2.75, 3.05) is 40.3 Å². The van der Waals surface area contributed by atoms with Gasteiger partial charge in [0.05, 0.1) is 5.56 Å². The molecule has 9 nitrogen and oxygen atoms in total. The van der Waals surface area contributed by atoms with Crippen molar-refractivity contribution in [2.24, 2.45) is 4.99 Å². The Morgan fingerprint density at radius 1 is 1.14 bits per heavy atom. The molecule has 1 fully saturated rings. The van der Waals surface area contributed by atoms with Crippen molar-refractivity contribution in [3.63, 3.8) is 0 Å². The lowest BCUT2D eigenvalue weighted by molar-refractivity contribution is -0.137. The highest BCUT2D eigenvalue weighted by molar-refractivity contribution is 7.92. The summed E-state index contributed by atoms with van der Waals surface area (Å²) in [6.45, 7) is 5.06. The van der Waals surface area contributed by atoms with E-state index in [9.17, 15) is 31.2 Å².